The number of fused-ring (bicyclic) bond motifs is 3. The zero-order chi connectivity index (χ0) is 21.6. The number of hydrogen-bond donors (Lipinski definition) is 2. The van der Waals surface area contributed by atoms with Crippen LogP contribution in [0.25, 0.3) is 21.8 Å². The maximum Gasteiger partial charge on any atom is 0.325 e. The second-order valence-electron chi connectivity index (χ2n) is 9.08. The first-order valence-electron chi connectivity index (χ1n) is 11.3. The molecule has 31 heavy (non-hydrogen) atoms. The van der Waals surface area contributed by atoms with E-state index in [1.807, 2.05) is 36.4 Å². The molecule has 2 aliphatic rings. The van der Waals surface area contributed by atoms with Crippen LogP contribution < -0.4 is 5.32 Å². The first-order valence-corrected chi connectivity index (χ1v) is 11.3. The molecule has 1 saturated carbocycles. The highest BCUT2D eigenvalue weighted by atomic mass is 16.3. The number of imide groups is 1. The maximum absolute atomic E-state index is 13.2. The topological polar surface area (TPSA) is 74.6 Å². The summed E-state index contributed by atoms with van der Waals surface area (Å²) in [5.41, 5.74) is 1.30. The Labute approximate surface area is 181 Å². The van der Waals surface area contributed by atoms with Crippen LogP contribution in [0.15, 0.2) is 48.5 Å². The first kappa shape index (κ1) is 20.1. The fourth-order valence-corrected chi connectivity index (χ4v) is 5.44. The third kappa shape index (κ3) is 3.30. The van der Waals surface area contributed by atoms with E-state index in [0.29, 0.717) is 25.3 Å². The van der Waals surface area contributed by atoms with Crippen molar-refractivity contribution in [3.05, 3.63) is 48.5 Å². The van der Waals surface area contributed by atoms with Gasteiger partial charge in [-0.1, -0.05) is 49.7 Å². The standard InChI is InChI=1S/C25H29N3O3/c1-2-17-11-13-25(14-12-17)23(30)28(24(31)26-25)16-18(29)15-27-21-9-5-3-7-19(21)20-8-4-6-10-22(20)27/h3-10,17-18,29H,2,11-16H2,1H3,(H,26,31)/t17?,18-,25?/m1/s1. The zero-order valence-electron chi connectivity index (χ0n) is 17.9. The molecule has 6 heteroatoms. The van der Waals surface area contributed by atoms with Crippen molar-refractivity contribution in [1.82, 2.24) is 14.8 Å². The summed E-state index contributed by atoms with van der Waals surface area (Å²) in [6, 6.07) is 15.8. The quantitative estimate of drug-likeness (QED) is 0.613. The van der Waals surface area contributed by atoms with Crippen LogP contribution in [0.3, 0.4) is 0 Å². The first-order chi connectivity index (χ1) is 15.0. The molecule has 3 aromatic rings. The van der Waals surface area contributed by atoms with E-state index in [9.17, 15) is 14.7 Å². The molecule has 1 aliphatic carbocycles. The van der Waals surface area contributed by atoms with E-state index in [-0.39, 0.29) is 18.5 Å². The molecule has 0 unspecified atom stereocenters. The van der Waals surface area contributed by atoms with Gasteiger partial charge in [-0.15, -0.1) is 0 Å². The molecule has 2 N–H and O–H groups in total. The number of carbonyl (C=O) groups is 2. The molecule has 162 valence electrons. The number of aliphatic hydroxyl groups excluding tert-OH is 1. The summed E-state index contributed by atoms with van der Waals surface area (Å²) >= 11 is 0. The number of β-amino-alcohol motifs (C(OH)–C–C–N with tert-alkyl or cyclic N) is 1. The Balaban J connectivity index is 1.36. The predicted molar refractivity (Wildman–Crippen MR) is 121 cm³/mol. The Morgan fingerprint density at radius 2 is 1.58 bits per heavy atom. The monoisotopic (exact) mass is 419 g/mol. The van der Waals surface area contributed by atoms with Gasteiger partial charge in [0.25, 0.3) is 5.91 Å². The lowest BCUT2D eigenvalue weighted by Gasteiger charge is -2.34. The molecule has 2 aromatic carbocycles. The molecule has 1 aliphatic heterocycles. The number of rotatable bonds is 5. The number of aliphatic hydroxyl groups is 1. The van der Waals surface area contributed by atoms with Crippen molar-refractivity contribution in [2.75, 3.05) is 6.54 Å². The van der Waals surface area contributed by atoms with Gasteiger partial charge < -0.3 is 15.0 Å². The highest BCUT2D eigenvalue weighted by Crippen LogP contribution is 2.37. The minimum Gasteiger partial charge on any atom is -0.389 e. The van der Waals surface area contributed by atoms with E-state index in [0.717, 1.165) is 41.1 Å². The number of aromatic nitrogens is 1. The Kier molecular flexibility index (Phi) is 4.97. The Morgan fingerprint density at radius 3 is 2.16 bits per heavy atom. The summed E-state index contributed by atoms with van der Waals surface area (Å²) in [5.74, 6) is 0.457. The number of carbonyl (C=O) groups excluding carboxylic acids is 2. The lowest BCUT2D eigenvalue weighted by molar-refractivity contribution is -0.133. The van der Waals surface area contributed by atoms with Crippen molar-refractivity contribution in [2.45, 2.75) is 57.2 Å². The van der Waals surface area contributed by atoms with Gasteiger partial charge in [-0.05, 0) is 43.7 Å². The molecule has 5 rings (SSSR count). The van der Waals surface area contributed by atoms with Gasteiger partial charge in [0.15, 0.2) is 0 Å². The number of urea groups is 1. The summed E-state index contributed by atoms with van der Waals surface area (Å²) in [4.78, 5) is 27.1. The number of nitrogens with one attached hydrogen (secondary N) is 1. The lowest BCUT2D eigenvalue weighted by atomic mass is 9.75. The van der Waals surface area contributed by atoms with Crippen molar-refractivity contribution in [2.24, 2.45) is 5.92 Å². The van der Waals surface area contributed by atoms with Crippen molar-refractivity contribution in [1.29, 1.82) is 0 Å². The Morgan fingerprint density at radius 1 is 1.00 bits per heavy atom. The van der Waals surface area contributed by atoms with E-state index in [1.54, 1.807) is 0 Å². The molecular formula is C25H29N3O3. The van der Waals surface area contributed by atoms with Crippen molar-refractivity contribution in [3.63, 3.8) is 0 Å². The minimum absolute atomic E-state index is 0.00442. The van der Waals surface area contributed by atoms with Crippen LogP contribution in [-0.4, -0.2) is 44.7 Å². The largest absolute Gasteiger partial charge is 0.389 e. The number of para-hydroxylation sites is 2. The number of hydrogen-bond acceptors (Lipinski definition) is 3. The number of benzene rings is 2. The fourth-order valence-electron chi connectivity index (χ4n) is 5.44. The zero-order valence-corrected chi connectivity index (χ0v) is 17.9. The van der Waals surface area contributed by atoms with Crippen LogP contribution in [0.4, 0.5) is 4.79 Å². The Hall–Kier alpha value is -2.86. The third-order valence-corrected chi connectivity index (χ3v) is 7.25. The van der Waals surface area contributed by atoms with E-state index >= 15 is 0 Å². The average Bonchev–Trinajstić information content (AvgIpc) is 3.22. The van der Waals surface area contributed by atoms with Gasteiger partial charge in [0, 0.05) is 21.8 Å². The van der Waals surface area contributed by atoms with Gasteiger partial charge in [0.05, 0.1) is 19.2 Å². The summed E-state index contributed by atoms with van der Waals surface area (Å²) in [6.45, 7) is 2.50. The molecule has 6 nitrogen and oxygen atoms in total. The van der Waals surface area contributed by atoms with Gasteiger partial charge in [-0.25, -0.2) is 4.79 Å². The second kappa shape index (κ2) is 7.68. The SMILES string of the molecule is CCC1CCC2(CC1)NC(=O)N(C[C@H](O)Cn1c3ccccc3c3ccccc31)C2=O. The third-order valence-electron chi connectivity index (χ3n) is 7.25. The van der Waals surface area contributed by atoms with Crippen LogP contribution in [0.2, 0.25) is 0 Å². The van der Waals surface area contributed by atoms with Crippen LogP contribution in [0, 0.1) is 5.92 Å². The molecule has 1 saturated heterocycles. The maximum atomic E-state index is 13.2. The summed E-state index contributed by atoms with van der Waals surface area (Å²) < 4.78 is 2.08. The van der Waals surface area contributed by atoms with Crippen molar-refractivity contribution < 1.29 is 14.7 Å². The molecular weight excluding hydrogens is 390 g/mol. The number of amides is 3. The molecule has 2 fully saturated rings. The van der Waals surface area contributed by atoms with Crippen LogP contribution in [0.5, 0.6) is 0 Å². The highest BCUT2D eigenvalue weighted by Gasteiger charge is 2.52. The van der Waals surface area contributed by atoms with Gasteiger partial charge in [0.2, 0.25) is 0 Å². The van der Waals surface area contributed by atoms with Crippen LogP contribution >= 0.6 is 0 Å². The summed E-state index contributed by atoms with van der Waals surface area (Å²) in [6.07, 6.45) is 3.56. The van der Waals surface area contributed by atoms with Crippen LogP contribution in [0.1, 0.15) is 39.0 Å². The molecule has 1 spiro atoms. The normalized spacial score (nSPS) is 25.0. The second-order valence-corrected chi connectivity index (χ2v) is 9.08. The minimum atomic E-state index is -0.851. The van der Waals surface area contributed by atoms with E-state index in [2.05, 4.69) is 28.9 Å². The predicted octanol–water partition coefficient (Wildman–Crippen LogP) is 4.05. The lowest BCUT2D eigenvalue weighted by Crippen LogP contribution is -2.50. The van der Waals surface area contributed by atoms with Gasteiger partial charge in [0.1, 0.15) is 5.54 Å². The molecule has 2 heterocycles. The Bertz CT molecular complexity index is 1090. The van der Waals surface area contributed by atoms with Crippen LogP contribution in [-0.2, 0) is 11.3 Å². The van der Waals surface area contributed by atoms with Gasteiger partial charge >= 0.3 is 6.03 Å². The molecule has 1 atom stereocenters. The van der Waals surface area contributed by atoms with Crippen molar-refractivity contribution >= 4 is 33.7 Å². The fraction of sp³-hybridized carbons (Fsp3) is 0.440. The summed E-state index contributed by atoms with van der Waals surface area (Å²) in [7, 11) is 0. The molecule has 3 amide bonds. The highest BCUT2D eigenvalue weighted by molar-refractivity contribution is 6.08. The average molecular weight is 420 g/mol. The molecule has 1 aromatic heterocycles. The molecule has 0 bridgehead atoms. The van der Waals surface area contributed by atoms with E-state index in [1.165, 1.54) is 4.90 Å². The smallest absolute Gasteiger partial charge is 0.325 e. The van der Waals surface area contributed by atoms with Gasteiger partial charge in [-0.3, -0.25) is 9.69 Å². The van der Waals surface area contributed by atoms with E-state index in [4.69, 9.17) is 0 Å². The number of nitrogens with zero attached hydrogens (tertiary/aromatic N) is 2. The van der Waals surface area contributed by atoms with E-state index < -0.39 is 11.6 Å². The molecule has 0 radical (unpaired) electrons. The summed E-state index contributed by atoms with van der Waals surface area (Å²) in [5, 5.41) is 16.1. The van der Waals surface area contributed by atoms with Crippen molar-refractivity contribution in [3.8, 4) is 0 Å². The van der Waals surface area contributed by atoms with Gasteiger partial charge in [-0.2, -0.15) is 0 Å².